The van der Waals surface area contributed by atoms with Crippen molar-refractivity contribution < 1.29 is 10.2 Å². The number of aliphatic hydroxyl groups excluding tert-OH is 2. The first-order valence-corrected chi connectivity index (χ1v) is 11.9. The molecule has 2 N–H and O–H groups in total. The molecule has 0 fully saturated rings. The van der Waals surface area contributed by atoms with Gasteiger partial charge in [-0.15, -0.1) is 22.7 Å². The van der Waals surface area contributed by atoms with Gasteiger partial charge in [0.05, 0.1) is 0 Å². The molecule has 2 nitrogen and oxygen atoms in total. The van der Waals surface area contributed by atoms with Crippen LogP contribution in [0.3, 0.4) is 0 Å². The molecule has 2 aromatic rings. The van der Waals surface area contributed by atoms with Crippen molar-refractivity contribution in [2.45, 2.75) is 66.2 Å². The Hall–Kier alpha value is -0.940. The Bertz CT molecular complexity index is 675. The summed E-state index contributed by atoms with van der Waals surface area (Å²) < 4.78 is 0. The van der Waals surface area contributed by atoms with Crippen LogP contribution in [0.4, 0.5) is 0 Å². The first-order valence-electron chi connectivity index (χ1n) is 10.3. The number of thiophene rings is 2. The van der Waals surface area contributed by atoms with Crippen molar-refractivity contribution in [3.63, 3.8) is 0 Å². The van der Waals surface area contributed by atoms with Crippen molar-refractivity contribution in [2.24, 2.45) is 10.8 Å². The SMILES string of the molecule is CC(C)(CO)CCCc1ccc(/C=C/c2ccc(CCCC(C)(C)CO)s2)s1. The molecule has 2 aromatic heterocycles. The molecule has 0 aliphatic heterocycles. The Labute approximate surface area is 179 Å². The maximum absolute atomic E-state index is 9.35. The molecule has 156 valence electrons. The van der Waals surface area contributed by atoms with E-state index in [0.717, 1.165) is 38.5 Å². The molecule has 0 spiro atoms. The lowest BCUT2D eigenvalue weighted by Crippen LogP contribution is -2.16. The monoisotopic (exact) mass is 420 g/mol. The van der Waals surface area contributed by atoms with E-state index in [-0.39, 0.29) is 24.0 Å². The van der Waals surface area contributed by atoms with Gasteiger partial charge in [-0.05, 0) is 85.8 Å². The third kappa shape index (κ3) is 8.20. The Morgan fingerprint density at radius 2 is 1.11 bits per heavy atom. The van der Waals surface area contributed by atoms with Crippen LogP contribution in [0.25, 0.3) is 12.2 Å². The molecule has 0 radical (unpaired) electrons. The quantitative estimate of drug-likeness (QED) is 0.403. The Morgan fingerprint density at radius 1 is 0.714 bits per heavy atom. The van der Waals surface area contributed by atoms with Crippen molar-refractivity contribution in [3.05, 3.63) is 43.8 Å². The van der Waals surface area contributed by atoms with E-state index >= 15 is 0 Å². The molecule has 0 aliphatic carbocycles. The van der Waals surface area contributed by atoms with Crippen LogP contribution in [0.5, 0.6) is 0 Å². The predicted octanol–water partition coefficient (Wildman–Crippen LogP) is 6.66. The van der Waals surface area contributed by atoms with E-state index in [1.54, 1.807) is 0 Å². The zero-order valence-electron chi connectivity index (χ0n) is 17.8. The minimum atomic E-state index is 0.0325. The van der Waals surface area contributed by atoms with Crippen molar-refractivity contribution in [1.29, 1.82) is 0 Å². The number of hydrogen-bond donors (Lipinski definition) is 2. The topological polar surface area (TPSA) is 40.5 Å². The number of aliphatic hydroxyl groups is 2. The molecular formula is C24H36O2S2. The average molecular weight is 421 g/mol. The van der Waals surface area contributed by atoms with E-state index < -0.39 is 0 Å². The largest absolute Gasteiger partial charge is 0.396 e. The molecule has 0 atom stereocenters. The van der Waals surface area contributed by atoms with Gasteiger partial charge in [0, 0.05) is 32.7 Å². The van der Waals surface area contributed by atoms with Crippen molar-refractivity contribution in [1.82, 2.24) is 0 Å². The van der Waals surface area contributed by atoms with Gasteiger partial charge in [-0.1, -0.05) is 27.7 Å². The lowest BCUT2D eigenvalue weighted by atomic mass is 9.88. The average Bonchev–Trinajstić information content (AvgIpc) is 3.29. The molecule has 2 heterocycles. The highest BCUT2D eigenvalue weighted by Crippen LogP contribution is 2.28. The Kier molecular flexibility index (Phi) is 8.94. The van der Waals surface area contributed by atoms with Crippen LogP contribution in [0.1, 0.15) is 72.9 Å². The van der Waals surface area contributed by atoms with Gasteiger partial charge in [-0.3, -0.25) is 0 Å². The molecular weight excluding hydrogens is 384 g/mol. The Morgan fingerprint density at radius 3 is 1.46 bits per heavy atom. The van der Waals surface area contributed by atoms with Gasteiger partial charge in [0.2, 0.25) is 0 Å². The second-order valence-corrected chi connectivity index (χ2v) is 11.7. The van der Waals surface area contributed by atoms with Gasteiger partial charge in [-0.2, -0.15) is 0 Å². The third-order valence-corrected chi connectivity index (χ3v) is 7.41. The van der Waals surface area contributed by atoms with Crippen molar-refractivity contribution in [2.75, 3.05) is 13.2 Å². The van der Waals surface area contributed by atoms with Crippen molar-refractivity contribution >= 4 is 34.8 Å². The maximum Gasteiger partial charge on any atom is 0.0482 e. The van der Waals surface area contributed by atoms with Gasteiger partial charge in [0.25, 0.3) is 0 Å². The summed E-state index contributed by atoms with van der Waals surface area (Å²) in [5, 5.41) is 18.7. The zero-order valence-corrected chi connectivity index (χ0v) is 19.5. The van der Waals surface area contributed by atoms with Crippen LogP contribution in [0.15, 0.2) is 24.3 Å². The van der Waals surface area contributed by atoms with E-state index in [1.807, 2.05) is 22.7 Å². The van der Waals surface area contributed by atoms with Crippen LogP contribution in [-0.4, -0.2) is 23.4 Å². The van der Waals surface area contributed by atoms with Gasteiger partial charge in [0.1, 0.15) is 0 Å². The van der Waals surface area contributed by atoms with Crippen LogP contribution in [0.2, 0.25) is 0 Å². The summed E-state index contributed by atoms with van der Waals surface area (Å²) in [6.07, 6.45) is 11.0. The van der Waals surface area contributed by atoms with Gasteiger partial charge >= 0.3 is 0 Å². The summed E-state index contributed by atoms with van der Waals surface area (Å²) in [5.41, 5.74) is 0.0649. The lowest BCUT2D eigenvalue weighted by molar-refractivity contribution is 0.148. The normalized spacial score (nSPS) is 12.9. The summed E-state index contributed by atoms with van der Waals surface area (Å²) in [7, 11) is 0. The summed E-state index contributed by atoms with van der Waals surface area (Å²) in [5.74, 6) is 0. The van der Waals surface area contributed by atoms with Gasteiger partial charge < -0.3 is 10.2 Å². The summed E-state index contributed by atoms with van der Waals surface area (Å²) >= 11 is 3.74. The van der Waals surface area contributed by atoms with Crippen LogP contribution in [0, 0.1) is 10.8 Å². The minimum absolute atomic E-state index is 0.0325. The summed E-state index contributed by atoms with van der Waals surface area (Å²) in [6, 6.07) is 8.89. The highest BCUT2D eigenvalue weighted by atomic mass is 32.1. The molecule has 4 heteroatoms. The fourth-order valence-corrected chi connectivity index (χ4v) is 4.96. The molecule has 28 heavy (non-hydrogen) atoms. The summed E-state index contributed by atoms with van der Waals surface area (Å²) in [6.45, 7) is 9.01. The van der Waals surface area contributed by atoms with Crippen LogP contribution in [-0.2, 0) is 12.8 Å². The molecule has 0 bridgehead atoms. The second kappa shape index (κ2) is 10.7. The molecule has 0 saturated carbocycles. The number of hydrogen-bond acceptors (Lipinski definition) is 4. The van der Waals surface area contributed by atoms with E-state index in [9.17, 15) is 10.2 Å². The van der Waals surface area contributed by atoms with Gasteiger partial charge in [0.15, 0.2) is 0 Å². The smallest absolute Gasteiger partial charge is 0.0482 e. The first kappa shape index (κ1) is 23.3. The molecule has 0 aliphatic rings. The summed E-state index contributed by atoms with van der Waals surface area (Å²) in [4.78, 5) is 5.45. The molecule has 0 amide bonds. The van der Waals surface area contributed by atoms with E-state index in [1.165, 1.54) is 19.5 Å². The zero-order chi connectivity index (χ0) is 20.6. The fraction of sp³-hybridized carbons (Fsp3) is 0.583. The van der Waals surface area contributed by atoms with Crippen molar-refractivity contribution in [3.8, 4) is 0 Å². The van der Waals surface area contributed by atoms with Crippen LogP contribution >= 0.6 is 22.7 Å². The van der Waals surface area contributed by atoms with Crippen LogP contribution < -0.4 is 0 Å². The predicted molar refractivity (Wildman–Crippen MR) is 125 cm³/mol. The molecule has 0 unspecified atom stereocenters. The number of aryl methyl sites for hydroxylation is 2. The van der Waals surface area contributed by atoms with Gasteiger partial charge in [-0.25, -0.2) is 0 Å². The number of rotatable bonds is 12. The molecule has 0 saturated heterocycles. The molecule has 2 rings (SSSR count). The minimum Gasteiger partial charge on any atom is -0.396 e. The third-order valence-electron chi connectivity index (χ3n) is 5.19. The second-order valence-electron chi connectivity index (χ2n) is 9.29. The standard InChI is InChI=1S/C24H36O2S2/c1-23(2,17-25)15-5-7-19-9-11-21(27-19)13-14-22-12-10-20(28-22)8-6-16-24(3,4)18-26/h9-14,25-26H,5-8,15-18H2,1-4H3/b14-13+. The fourth-order valence-electron chi connectivity index (χ4n) is 3.04. The first-order chi connectivity index (χ1) is 13.2. The lowest BCUT2D eigenvalue weighted by Gasteiger charge is -2.20. The van der Waals surface area contributed by atoms with E-state index in [2.05, 4.69) is 64.1 Å². The Balaban J connectivity index is 1.80. The van der Waals surface area contributed by atoms with E-state index in [0.29, 0.717) is 0 Å². The maximum atomic E-state index is 9.35. The highest BCUT2D eigenvalue weighted by Gasteiger charge is 2.16. The molecule has 0 aromatic carbocycles. The van der Waals surface area contributed by atoms with E-state index in [4.69, 9.17) is 0 Å². The highest BCUT2D eigenvalue weighted by molar-refractivity contribution is 7.13.